The molecular formula is C9H13NO. The average Bonchev–Trinajstić information content (AvgIpc) is 2.52. The van der Waals surface area contributed by atoms with E-state index in [-0.39, 0.29) is 11.8 Å². The lowest BCUT2D eigenvalue weighted by Crippen LogP contribution is -2.30. The Balaban J connectivity index is 2.24. The van der Waals surface area contributed by atoms with Gasteiger partial charge in [-0.05, 0) is 19.4 Å². The molecule has 1 rings (SSSR count). The minimum Gasteiger partial charge on any atom is -0.307 e. The molecule has 0 aliphatic carbocycles. The quantitative estimate of drug-likeness (QED) is 0.602. The van der Waals surface area contributed by atoms with Crippen molar-refractivity contribution in [2.24, 2.45) is 0 Å². The Hall–Kier alpha value is -0.810. The lowest BCUT2D eigenvalue weighted by molar-refractivity contribution is -0.120. The maximum Gasteiger partial charge on any atom is 0.150 e. The third-order valence-electron chi connectivity index (χ3n) is 1.96. The molecule has 0 spiro atoms. The maximum atomic E-state index is 11.2. The monoisotopic (exact) mass is 151 g/mol. The Morgan fingerprint density at radius 1 is 1.73 bits per heavy atom. The van der Waals surface area contributed by atoms with Crippen LogP contribution < -0.4 is 5.32 Å². The standard InChI is InChI=1S/C9H13NO/c1-2-3-6-9(11)8-5-4-7-10-8/h1,8,10H,3-7H2. The molecule has 0 bridgehead atoms. The van der Waals surface area contributed by atoms with Crippen LogP contribution in [0.5, 0.6) is 0 Å². The molecule has 1 unspecified atom stereocenters. The Kier molecular flexibility index (Phi) is 3.13. The topological polar surface area (TPSA) is 29.1 Å². The van der Waals surface area contributed by atoms with E-state index in [0.29, 0.717) is 12.8 Å². The van der Waals surface area contributed by atoms with Crippen molar-refractivity contribution in [1.82, 2.24) is 5.32 Å². The van der Waals surface area contributed by atoms with Gasteiger partial charge in [0, 0.05) is 12.8 Å². The molecule has 0 radical (unpaired) electrons. The molecule has 0 amide bonds. The second-order valence-electron chi connectivity index (χ2n) is 2.82. The van der Waals surface area contributed by atoms with E-state index in [2.05, 4.69) is 11.2 Å². The zero-order valence-electron chi connectivity index (χ0n) is 6.60. The Bertz CT molecular complexity index is 174. The fourth-order valence-electron chi connectivity index (χ4n) is 1.33. The van der Waals surface area contributed by atoms with Crippen molar-refractivity contribution in [2.75, 3.05) is 6.54 Å². The molecule has 1 atom stereocenters. The average molecular weight is 151 g/mol. The number of nitrogens with one attached hydrogen (secondary N) is 1. The third-order valence-corrected chi connectivity index (χ3v) is 1.96. The number of rotatable bonds is 3. The number of Topliss-reactive ketones (excluding diaryl/α,β-unsaturated/α-hetero) is 1. The van der Waals surface area contributed by atoms with E-state index in [1.807, 2.05) is 0 Å². The van der Waals surface area contributed by atoms with Crippen LogP contribution in [0.4, 0.5) is 0 Å². The molecule has 2 heteroatoms. The summed E-state index contributed by atoms with van der Waals surface area (Å²) in [6.07, 6.45) is 8.28. The van der Waals surface area contributed by atoms with Gasteiger partial charge in [0.1, 0.15) is 0 Å². The van der Waals surface area contributed by atoms with Gasteiger partial charge in [-0.3, -0.25) is 4.79 Å². The minimum absolute atomic E-state index is 0.100. The summed E-state index contributed by atoms with van der Waals surface area (Å²) in [4.78, 5) is 11.2. The first kappa shape index (κ1) is 8.29. The van der Waals surface area contributed by atoms with Crippen molar-refractivity contribution in [2.45, 2.75) is 31.7 Å². The predicted molar refractivity (Wildman–Crippen MR) is 44.1 cm³/mol. The molecule has 2 nitrogen and oxygen atoms in total. The molecule has 1 N–H and O–H groups in total. The highest BCUT2D eigenvalue weighted by molar-refractivity contribution is 5.84. The van der Waals surface area contributed by atoms with Crippen molar-refractivity contribution in [3.63, 3.8) is 0 Å². The van der Waals surface area contributed by atoms with Crippen molar-refractivity contribution in [1.29, 1.82) is 0 Å². The predicted octanol–water partition coefficient (Wildman–Crippen LogP) is 0.721. The van der Waals surface area contributed by atoms with Crippen LogP contribution in [0.25, 0.3) is 0 Å². The first-order valence-electron chi connectivity index (χ1n) is 4.04. The van der Waals surface area contributed by atoms with Crippen LogP contribution in [0.1, 0.15) is 25.7 Å². The van der Waals surface area contributed by atoms with Gasteiger partial charge in [0.15, 0.2) is 5.78 Å². The van der Waals surface area contributed by atoms with Gasteiger partial charge in [-0.25, -0.2) is 0 Å². The lowest BCUT2D eigenvalue weighted by atomic mass is 10.1. The van der Waals surface area contributed by atoms with Gasteiger partial charge < -0.3 is 5.32 Å². The Morgan fingerprint density at radius 3 is 3.09 bits per heavy atom. The number of ketones is 1. The summed E-state index contributed by atoms with van der Waals surface area (Å²) in [6.45, 7) is 0.979. The zero-order chi connectivity index (χ0) is 8.10. The molecule has 11 heavy (non-hydrogen) atoms. The van der Waals surface area contributed by atoms with E-state index in [1.165, 1.54) is 0 Å². The molecule has 0 aromatic carbocycles. The van der Waals surface area contributed by atoms with Crippen molar-refractivity contribution in [3.8, 4) is 12.3 Å². The molecule has 60 valence electrons. The lowest BCUT2D eigenvalue weighted by Gasteiger charge is -2.06. The summed E-state index contributed by atoms with van der Waals surface area (Å²) in [5, 5.41) is 3.15. The molecule has 1 fully saturated rings. The Morgan fingerprint density at radius 2 is 2.55 bits per heavy atom. The van der Waals surface area contributed by atoms with E-state index >= 15 is 0 Å². The molecule has 1 heterocycles. The van der Waals surface area contributed by atoms with Crippen LogP contribution in [0, 0.1) is 12.3 Å². The molecule has 1 aliphatic rings. The summed E-state index contributed by atoms with van der Waals surface area (Å²) in [5.41, 5.74) is 0. The maximum absolute atomic E-state index is 11.2. The Labute approximate surface area is 67.4 Å². The second-order valence-corrected chi connectivity index (χ2v) is 2.82. The highest BCUT2D eigenvalue weighted by Gasteiger charge is 2.20. The van der Waals surface area contributed by atoms with Crippen molar-refractivity contribution < 1.29 is 4.79 Å². The molecule has 0 aromatic rings. The van der Waals surface area contributed by atoms with E-state index in [1.54, 1.807) is 0 Å². The SMILES string of the molecule is C#CCCC(=O)C1CCCN1. The number of carbonyl (C=O) groups is 1. The van der Waals surface area contributed by atoms with Crippen LogP contribution in [0.2, 0.25) is 0 Å². The van der Waals surface area contributed by atoms with Crippen LogP contribution in [-0.4, -0.2) is 18.4 Å². The summed E-state index contributed by atoms with van der Waals surface area (Å²) in [7, 11) is 0. The molecule has 0 saturated carbocycles. The normalized spacial score (nSPS) is 23.0. The molecule has 1 aliphatic heterocycles. The zero-order valence-corrected chi connectivity index (χ0v) is 6.60. The van der Waals surface area contributed by atoms with Crippen molar-refractivity contribution >= 4 is 5.78 Å². The molecule has 0 aromatic heterocycles. The summed E-state index contributed by atoms with van der Waals surface area (Å²) < 4.78 is 0. The minimum atomic E-state index is 0.100. The van der Waals surface area contributed by atoms with E-state index in [4.69, 9.17) is 6.42 Å². The van der Waals surface area contributed by atoms with Crippen molar-refractivity contribution in [3.05, 3.63) is 0 Å². The van der Waals surface area contributed by atoms with Crippen LogP contribution >= 0.6 is 0 Å². The number of hydrogen-bond donors (Lipinski definition) is 1. The van der Waals surface area contributed by atoms with E-state index in [0.717, 1.165) is 19.4 Å². The second kappa shape index (κ2) is 4.15. The van der Waals surface area contributed by atoms with Gasteiger partial charge in [-0.1, -0.05) is 0 Å². The van der Waals surface area contributed by atoms with Gasteiger partial charge in [0.25, 0.3) is 0 Å². The fourth-order valence-corrected chi connectivity index (χ4v) is 1.33. The van der Waals surface area contributed by atoms with Gasteiger partial charge in [-0.2, -0.15) is 0 Å². The summed E-state index contributed by atoms with van der Waals surface area (Å²) in [6, 6.07) is 0.100. The van der Waals surface area contributed by atoms with Gasteiger partial charge in [0.05, 0.1) is 6.04 Å². The van der Waals surface area contributed by atoms with E-state index in [9.17, 15) is 4.79 Å². The number of terminal acetylenes is 1. The first-order valence-corrected chi connectivity index (χ1v) is 4.04. The van der Waals surface area contributed by atoms with E-state index < -0.39 is 0 Å². The van der Waals surface area contributed by atoms with Gasteiger partial charge in [0.2, 0.25) is 0 Å². The smallest absolute Gasteiger partial charge is 0.150 e. The largest absolute Gasteiger partial charge is 0.307 e. The number of hydrogen-bond acceptors (Lipinski definition) is 2. The third kappa shape index (κ3) is 2.36. The summed E-state index contributed by atoms with van der Waals surface area (Å²) in [5.74, 6) is 2.75. The number of carbonyl (C=O) groups excluding carboxylic acids is 1. The van der Waals surface area contributed by atoms with Gasteiger partial charge in [-0.15, -0.1) is 12.3 Å². The first-order chi connectivity index (χ1) is 5.34. The fraction of sp³-hybridized carbons (Fsp3) is 0.667. The highest BCUT2D eigenvalue weighted by Crippen LogP contribution is 2.08. The molecular weight excluding hydrogens is 138 g/mol. The van der Waals surface area contributed by atoms with Gasteiger partial charge >= 0.3 is 0 Å². The summed E-state index contributed by atoms with van der Waals surface area (Å²) >= 11 is 0. The van der Waals surface area contributed by atoms with Crippen LogP contribution in [-0.2, 0) is 4.79 Å². The molecule has 1 saturated heterocycles. The van der Waals surface area contributed by atoms with Crippen LogP contribution in [0.3, 0.4) is 0 Å². The van der Waals surface area contributed by atoms with Crippen LogP contribution in [0.15, 0.2) is 0 Å². The highest BCUT2D eigenvalue weighted by atomic mass is 16.1.